The first-order valence-electron chi connectivity index (χ1n) is 11.5. The maximum Gasteiger partial charge on any atom is 0.343 e. The predicted octanol–water partition coefficient (Wildman–Crippen LogP) is 5.02. The summed E-state index contributed by atoms with van der Waals surface area (Å²) in [6.45, 7) is 6.33. The Bertz CT molecular complexity index is 1050. The van der Waals surface area contributed by atoms with E-state index in [4.69, 9.17) is 18.9 Å². The number of aliphatic hydroxyl groups excluding tert-OH is 1. The average molecular weight is 479 g/mol. The van der Waals surface area contributed by atoms with E-state index in [2.05, 4.69) is 6.58 Å². The first-order chi connectivity index (χ1) is 16.9. The van der Waals surface area contributed by atoms with E-state index in [1.165, 1.54) is 6.08 Å². The minimum absolute atomic E-state index is 0.277. The second kappa shape index (κ2) is 13.3. The second-order valence-electron chi connectivity index (χ2n) is 7.98. The number of hydrogen-bond acceptors (Lipinski definition) is 7. The first-order valence-corrected chi connectivity index (χ1v) is 11.5. The molecule has 0 aliphatic heterocycles. The lowest BCUT2D eigenvalue weighted by atomic mass is 10.1. The van der Waals surface area contributed by atoms with Crippen LogP contribution in [0, 0.1) is 0 Å². The van der Waals surface area contributed by atoms with Crippen molar-refractivity contribution in [3.05, 3.63) is 96.1 Å². The highest BCUT2D eigenvalue weighted by molar-refractivity contribution is 5.92. The molecule has 1 N–H and O–H groups in total. The van der Waals surface area contributed by atoms with Crippen molar-refractivity contribution in [2.75, 3.05) is 13.2 Å². The summed E-state index contributed by atoms with van der Waals surface area (Å²) in [4.78, 5) is 24.8. The lowest BCUT2D eigenvalue weighted by Crippen LogP contribution is -2.17. The summed E-state index contributed by atoms with van der Waals surface area (Å²) in [7, 11) is 0. The molecule has 0 radical (unpaired) electrons. The van der Waals surface area contributed by atoms with Gasteiger partial charge in [0.2, 0.25) is 0 Å². The average Bonchev–Trinajstić information content (AvgIpc) is 2.88. The van der Waals surface area contributed by atoms with Crippen LogP contribution in [0.25, 0.3) is 0 Å². The van der Waals surface area contributed by atoms with Crippen LogP contribution in [0.4, 0.5) is 0 Å². The third kappa shape index (κ3) is 8.55. The molecule has 2 unspecified atom stereocenters. The quantitative estimate of drug-likeness (QED) is 0.151. The van der Waals surface area contributed by atoms with Crippen molar-refractivity contribution in [2.45, 2.75) is 38.6 Å². The highest BCUT2D eigenvalue weighted by Crippen LogP contribution is 2.19. The van der Waals surface area contributed by atoms with Crippen LogP contribution in [0.5, 0.6) is 11.5 Å². The molecule has 2 atom stereocenters. The molecule has 0 bridgehead atoms. The summed E-state index contributed by atoms with van der Waals surface area (Å²) in [5.41, 5.74) is 1.91. The molecule has 0 saturated heterocycles. The van der Waals surface area contributed by atoms with Gasteiger partial charge in [-0.25, -0.2) is 9.59 Å². The highest BCUT2D eigenvalue weighted by Gasteiger charge is 2.15. The zero-order valence-corrected chi connectivity index (χ0v) is 19.7. The fraction of sp³-hybridized carbons (Fsp3) is 0.286. The molecule has 2 aromatic rings. The summed E-state index contributed by atoms with van der Waals surface area (Å²) in [6.07, 6.45) is 8.07. The summed E-state index contributed by atoms with van der Waals surface area (Å²) in [6, 6.07) is 12.9. The minimum Gasteiger partial charge on any atom is -0.494 e. The van der Waals surface area contributed by atoms with Gasteiger partial charge in [0.1, 0.15) is 17.6 Å². The Hall–Kier alpha value is -3.68. The Labute approximate surface area is 205 Å². The molecule has 0 heterocycles. The van der Waals surface area contributed by atoms with Crippen molar-refractivity contribution >= 4 is 11.9 Å². The topological polar surface area (TPSA) is 91.3 Å². The molecule has 0 aromatic heterocycles. The van der Waals surface area contributed by atoms with Crippen molar-refractivity contribution in [1.82, 2.24) is 0 Å². The fourth-order valence-corrected chi connectivity index (χ4v) is 3.18. The standard InChI is InChI=1S/C28H30O7/c1-3-26(29)33-19-5-4-18-32-23-14-8-21(9-15-23)27(30)35-25-16-10-22(11-17-25)28(31)34-24-12-6-20(2)7-13-24/h3,6-12,14-17,24,26,29H,1,4-5,13,18-19H2,2H3. The van der Waals surface area contributed by atoms with Gasteiger partial charge in [0.05, 0.1) is 24.3 Å². The fourth-order valence-electron chi connectivity index (χ4n) is 3.18. The van der Waals surface area contributed by atoms with Crippen LogP contribution in [-0.4, -0.2) is 42.7 Å². The SMILES string of the molecule is C=CC(O)OCCCCOc1ccc(C(=O)Oc2ccc(C(=O)OC3C=CC(C)=CC3)cc2)cc1. The number of carbonyl (C=O) groups is 2. The lowest BCUT2D eigenvalue weighted by Gasteiger charge is -2.16. The molecule has 7 nitrogen and oxygen atoms in total. The zero-order valence-electron chi connectivity index (χ0n) is 19.7. The molecule has 1 aliphatic rings. The zero-order chi connectivity index (χ0) is 25.0. The number of benzene rings is 2. The van der Waals surface area contributed by atoms with E-state index in [1.807, 2.05) is 25.2 Å². The van der Waals surface area contributed by atoms with Gasteiger partial charge in [-0.1, -0.05) is 24.3 Å². The van der Waals surface area contributed by atoms with E-state index < -0.39 is 18.2 Å². The van der Waals surface area contributed by atoms with Crippen LogP contribution in [0.15, 0.2) is 85.0 Å². The number of allylic oxidation sites excluding steroid dienone is 2. The molecule has 0 amide bonds. The minimum atomic E-state index is -0.941. The number of carbonyl (C=O) groups excluding carboxylic acids is 2. The smallest absolute Gasteiger partial charge is 0.343 e. The molecule has 0 saturated carbocycles. The molecule has 1 aliphatic carbocycles. The van der Waals surface area contributed by atoms with Crippen LogP contribution < -0.4 is 9.47 Å². The van der Waals surface area contributed by atoms with Gasteiger partial charge < -0.3 is 24.1 Å². The van der Waals surface area contributed by atoms with E-state index in [1.54, 1.807) is 48.5 Å². The third-order valence-corrected chi connectivity index (χ3v) is 5.19. The molecular formula is C28H30O7. The molecule has 3 rings (SSSR count). The number of ether oxygens (including phenoxy) is 4. The van der Waals surface area contributed by atoms with E-state index >= 15 is 0 Å². The van der Waals surface area contributed by atoms with Crippen molar-refractivity contribution in [3.8, 4) is 11.5 Å². The van der Waals surface area contributed by atoms with Crippen LogP contribution in [0.1, 0.15) is 46.9 Å². The number of rotatable bonds is 12. The Balaban J connectivity index is 1.41. The Kier molecular flexibility index (Phi) is 9.83. The predicted molar refractivity (Wildman–Crippen MR) is 131 cm³/mol. The van der Waals surface area contributed by atoms with Crippen molar-refractivity contribution < 1.29 is 33.6 Å². The number of hydrogen-bond donors (Lipinski definition) is 1. The van der Waals surface area contributed by atoms with Gasteiger partial charge >= 0.3 is 11.9 Å². The maximum absolute atomic E-state index is 12.4. The second-order valence-corrected chi connectivity index (χ2v) is 7.98. The first kappa shape index (κ1) is 25.9. The molecule has 0 spiro atoms. The van der Waals surface area contributed by atoms with Crippen LogP contribution in [-0.2, 0) is 9.47 Å². The van der Waals surface area contributed by atoms with E-state index in [0.717, 1.165) is 18.4 Å². The maximum atomic E-state index is 12.4. The van der Waals surface area contributed by atoms with Gasteiger partial charge in [-0.3, -0.25) is 0 Å². The van der Waals surface area contributed by atoms with Gasteiger partial charge in [0.15, 0.2) is 6.29 Å². The Morgan fingerprint density at radius 2 is 1.63 bits per heavy atom. The van der Waals surface area contributed by atoms with E-state index in [-0.39, 0.29) is 6.10 Å². The van der Waals surface area contributed by atoms with Crippen molar-refractivity contribution in [2.24, 2.45) is 0 Å². The lowest BCUT2D eigenvalue weighted by molar-refractivity contribution is -0.0652. The highest BCUT2D eigenvalue weighted by atomic mass is 16.6. The largest absolute Gasteiger partial charge is 0.494 e. The van der Waals surface area contributed by atoms with Gasteiger partial charge in [-0.15, -0.1) is 0 Å². The molecule has 0 fully saturated rings. The summed E-state index contributed by atoms with van der Waals surface area (Å²) in [5.74, 6) is 0.0176. The summed E-state index contributed by atoms with van der Waals surface area (Å²) in [5, 5.41) is 9.22. The van der Waals surface area contributed by atoms with E-state index in [9.17, 15) is 14.7 Å². The van der Waals surface area contributed by atoms with Crippen molar-refractivity contribution in [1.29, 1.82) is 0 Å². The van der Waals surface area contributed by atoms with Gasteiger partial charge in [-0.05, 0) is 80.4 Å². The van der Waals surface area contributed by atoms with Gasteiger partial charge in [0, 0.05) is 6.42 Å². The molecule has 35 heavy (non-hydrogen) atoms. The van der Waals surface area contributed by atoms with Crippen LogP contribution in [0.3, 0.4) is 0 Å². The Morgan fingerprint density at radius 3 is 2.26 bits per heavy atom. The van der Waals surface area contributed by atoms with Crippen molar-refractivity contribution in [3.63, 3.8) is 0 Å². The van der Waals surface area contributed by atoms with E-state index in [0.29, 0.717) is 42.3 Å². The summed E-state index contributed by atoms with van der Waals surface area (Å²) >= 11 is 0. The van der Waals surface area contributed by atoms with Crippen LogP contribution in [0.2, 0.25) is 0 Å². The molecular weight excluding hydrogens is 448 g/mol. The third-order valence-electron chi connectivity index (χ3n) is 5.19. The number of unbranched alkanes of at least 4 members (excludes halogenated alkanes) is 1. The van der Waals surface area contributed by atoms with Crippen LogP contribution >= 0.6 is 0 Å². The summed E-state index contributed by atoms with van der Waals surface area (Å²) < 4.78 is 21.6. The normalized spacial score (nSPS) is 15.6. The monoisotopic (exact) mass is 478 g/mol. The van der Waals surface area contributed by atoms with Gasteiger partial charge in [-0.2, -0.15) is 0 Å². The number of aliphatic hydroxyl groups is 1. The molecule has 2 aromatic carbocycles. The molecule has 184 valence electrons. The van der Waals surface area contributed by atoms with Gasteiger partial charge in [0.25, 0.3) is 0 Å². The Morgan fingerprint density at radius 1 is 1.00 bits per heavy atom. The number of esters is 2. The molecule has 7 heteroatoms.